The maximum Gasteiger partial charge on any atom is 0.251 e. The summed E-state index contributed by atoms with van der Waals surface area (Å²) in [5.41, 5.74) is 0.941. The Morgan fingerprint density at radius 3 is 2.33 bits per heavy atom. The Hall–Kier alpha value is -0.900. The van der Waals surface area contributed by atoms with Gasteiger partial charge >= 0.3 is 0 Å². The lowest BCUT2D eigenvalue weighted by Gasteiger charge is -2.45. The molecule has 0 heterocycles. The molecule has 1 N–H and O–H groups in total. The summed E-state index contributed by atoms with van der Waals surface area (Å²) in [6.07, 6.45) is 3.11. The molecule has 2 rings (SSSR count). The van der Waals surface area contributed by atoms with Crippen molar-refractivity contribution in [3.8, 4) is 0 Å². The summed E-state index contributed by atoms with van der Waals surface area (Å²) < 4.78 is 13.6. The van der Waals surface area contributed by atoms with Gasteiger partial charge in [0.2, 0.25) is 0 Å². The molecule has 1 aliphatic rings. The van der Waals surface area contributed by atoms with Gasteiger partial charge in [0.25, 0.3) is 5.91 Å². The Labute approximate surface area is 134 Å². The van der Waals surface area contributed by atoms with E-state index in [9.17, 15) is 9.18 Å². The normalized spacial score (nSPS) is 21.0. The third kappa shape index (κ3) is 4.29. The van der Waals surface area contributed by atoms with Crippen LogP contribution in [0.25, 0.3) is 0 Å². The number of carbonyl (C=O) groups is 1. The Morgan fingerprint density at radius 1 is 1.24 bits per heavy atom. The fraction of sp³-hybridized carbons (Fsp3) is 0.588. The van der Waals surface area contributed by atoms with Crippen molar-refractivity contribution >= 4 is 21.8 Å². The Bertz CT molecular complexity index is 538. The fourth-order valence-corrected chi connectivity index (χ4v) is 4.23. The van der Waals surface area contributed by atoms with Gasteiger partial charge in [-0.05, 0) is 64.2 Å². The Kier molecular flexibility index (Phi) is 4.48. The molecule has 0 saturated heterocycles. The quantitative estimate of drug-likeness (QED) is 0.800. The van der Waals surface area contributed by atoms with Gasteiger partial charge in [-0.3, -0.25) is 4.79 Å². The van der Waals surface area contributed by atoms with Crippen LogP contribution in [0.1, 0.15) is 57.3 Å². The zero-order chi connectivity index (χ0) is 15.8. The summed E-state index contributed by atoms with van der Waals surface area (Å²) >= 11 is 3.12. The minimum Gasteiger partial charge on any atom is -0.349 e. The number of hydrogen-bond acceptors (Lipinski definition) is 1. The highest BCUT2D eigenvalue weighted by atomic mass is 79.9. The predicted octanol–water partition coefficient (Wildman–Crippen LogP) is 4.92. The summed E-state index contributed by atoms with van der Waals surface area (Å²) in [5, 5.41) is 3.11. The summed E-state index contributed by atoms with van der Waals surface area (Å²) in [4.78, 5) is 12.3. The molecule has 1 amide bonds. The molecule has 0 radical (unpaired) electrons. The smallest absolute Gasteiger partial charge is 0.251 e. The van der Waals surface area contributed by atoms with Gasteiger partial charge in [0.05, 0.1) is 4.47 Å². The summed E-state index contributed by atoms with van der Waals surface area (Å²) in [6.45, 7) is 9.01. The van der Waals surface area contributed by atoms with Gasteiger partial charge in [0, 0.05) is 11.6 Å². The average molecular weight is 356 g/mol. The summed E-state index contributed by atoms with van der Waals surface area (Å²) in [6, 6.07) is 4.53. The van der Waals surface area contributed by atoms with E-state index in [1.165, 1.54) is 18.2 Å². The van der Waals surface area contributed by atoms with Crippen LogP contribution in [-0.2, 0) is 0 Å². The van der Waals surface area contributed by atoms with Crippen molar-refractivity contribution in [3.63, 3.8) is 0 Å². The van der Waals surface area contributed by atoms with Crippen LogP contribution in [-0.4, -0.2) is 11.9 Å². The van der Waals surface area contributed by atoms with Crippen molar-refractivity contribution in [2.24, 2.45) is 10.8 Å². The standard InChI is InChI=1S/C17H23BrFNO/c1-16(2)8-12(9-17(3,4)10-16)20-15(21)11-5-6-14(19)13(18)7-11/h5-7,12H,8-10H2,1-4H3,(H,20,21). The van der Waals surface area contributed by atoms with Crippen LogP contribution in [0.4, 0.5) is 4.39 Å². The van der Waals surface area contributed by atoms with Gasteiger partial charge < -0.3 is 5.32 Å². The highest BCUT2D eigenvalue weighted by Crippen LogP contribution is 2.45. The second-order valence-corrected chi connectivity index (χ2v) is 8.57. The third-order valence-corrected chi connectivity index (χ3v) is 4.68. The van der Waals surface area contributed by atoms with Crippen molar-refractivity contribution in [1.82, 2.24) is 5.32 Å². The van der Waals surface area contributed by atoms with E-state index in [1.807, 2.05) is 0 Å². The van der Waals surface area contributed by atoms with Crippen molar-refractivity contribution in [3.05, 3.63) is 34.1 Å². The molecule has 1 saturated carbocycles. The number of halogens is 2. The van der Waals surface area contributed by atoms with Crippen molar-refractivity contribution in [1.29, 1.82) is 0 Å². The number of amides is 1. The number of benzene rings is 1. The van der Waals surface area contributed by atoms with Crippen LogP contribution in [0, 0.1) is 16.6 Å². The molecule has 0 aliphatic heterocycles. The molecule has 0 bridgehead atoms. The molecule has 2 nitrogen and oxygen atoms in total. The Morgan fingerprint density at radius 2 is 1.81 bits per heavy atom. The number of nitrogens with one attached hydrogen (secondary N) is 1. The molecule has 0 aromatic heterocycles. The zero-order valence-electron chi connectivity index (χ0n) is 13.1. The van der Waals surface area contributed by atoms with Crippen molar-refractivity contribution in [2.75, 3.05) is 0 Å². The predicted molar refractivity (Wildman–Crippen MR) is 86.8 cm³/mol. The molecule has 4 heteroatoms. The molecule has 1 fully saturated rings. The molecule has 116 valence electrons. The molecule has 0 atom stereocenters. The second kappa shape index (κ2) is 5.71. The second-order valence-electron chi connectivity index (χ2n) is 7.71. The van der Waals surface area contributed by atoms with Crippen LogP contribution < -0.4 is 5.32 Å². The van der Waals surface area contributed by atoms with Crippen LogP contribution in [0.5, 0.6) is 0 Å². The van der Waals surface area contributed by atoms with Crippen molar-refractivity contribution < 1.29 is 9.18 Å². The molecule has 0 spiro atoms. The molecular formula is C17H23BrFNO. The molecular weight excluding hydrogens is 333 g/mol. The van der Waals surface area contributed by atoms with Gasteiger partial charge in [0.15, 0.2) is 0 Å². The van der Waals surface area contributed by atoms with E-state index in [2.05, 4.69) is 48.9 Å². The minimum atomic E-state index is -0.355. The zero-order valence-corrected chi connectivity index (χ0v) is 14.7. The minimum absolute atomic E-state index is 0.130. The number of carbonyl (C=O) groups excluding carboxylic acids is 1. The molecule has 1 aromatic rings. The third-order valence-electron chi connectivity index (χ3n) is 4.07. The highest BCUT2D eigenvalue weighted by Gasteiger charge is 2.38. The number of rotatable bonds is 2. The lowest BCUT2D eigenvalue weighted by molar-refractivity contribution is 0.0713. The molecule has 1 aromatic carbocycles. The fourth-order valence-electron chi connectivity index (χ4n) is 3.85. The van der Waals surface area contributed by atoms with E-state index in [0.717, 1.165) is 19.3 Å². The van der Waals surface area contributed by atoms with E-state index < -0.39 is 0 Å². The lowest BCUT2D eigenvalue weighted by atomic mass is 9.63. The first-order chi connectivity index (χ1) is 9.58. The van der Waals surface area contributed by atoms with Crippen LogP contribution in [0.2, 0.25) is 0 Å². The van der Waals surface area contributed by atoms with E-state index in [0.29, 0.717) is 10.0 Å². The first kappa shape index (κ1) is 16.5. The van der Waals surface area contributed by atoms with E-state index >= 15 is 0 Å². The topological polar surface area (TPSA) is 29.1 Å². The first-order valence-corrected chi connectivity index (χ1v) is 8.13. The Balaban J connectivity index is 2.10. The molecule has 21 heavy (non-hydrogen) atoms. The van der Waals surface area contributed by atoms with Gasteiger partial charge in [-0.15, -0.1) is 0 Å². The van der Waals surface area contributed by atoms with Gasteiger partial charge in [-0.1, -0.05) is 27.7 Å². The average Bonchev–Trinajstić information content (AvgIpc) is 2.28. The van der Waals surface area contributed by atoms with Gasteiger partial charge in [-0.25, -0.2) is 4.39 Å². The van der Waals surface area contributed by atoms with E-state index in [4.69, 9.17) is 0 Å². The summed E-state index contributed by atoms with van der Waals surface area (Å²) in [7, 11) is 0. The lowest BCUT2D eigenvalue weighted by Crippen LogP contribution is -2.46. The monoisotopic (exact) mass is 355 g/mol. The van der Waals surface area contributed by atoms with E-state index in [-0.39, 0.29) is 28.6 Å². The van der Waals surface area contributed by atoms with Crippen LogP contribution >= 0.6 is 15.9 Å². The SMILES string of the molecule is CC1(C)CC(NC(=O)c2ccc(F)c(Br)c2)CC(C)(C)C1. The summed E-state index contributed by atoms with van der Waals surface area (Å²) in [5.74, 6) is -0.485. The largest absolute Gasteiger partial charge is 0.349 e. The maximum atomic E-state index is 13.2. The first-order valence-electron chi connectivity index (χ1n) is 7.34. The van der Waals surface area contributed by atoms with Crippen LogP contribution in [0.3, 0.4) is 0 Å². The van der Waals surface area contributed by atoms with E-state index in [1.54, 1.807) is 0 Å². The number of hydrogen-bond donors (Lipinski definition) is 1. The van der Waals surface area contributed by atoms with Crippen molar-refractivity contribution in [2.45, 2.75) is 53.0 Å². The van der Waals surface area contributed by atoms with Gasteiger partial charge in [-0.2, -0.15) is 0 Å². The van der Waals surface area contributed by atoms with Crippen LogP contribution in [0.15, 0.2) is 22.7 Å². The highest BCUT2D eigenvalue weighted by molar-refractivity contribution is 9.10. The maximum absolute atomic E-state index is 13.2. The molecule has 1 aliphatic carbocycles. The van der Waals surface area contributed by atoms with Gasteiger partial charge in [0.1, 0.15) is 5.82 Å². The molecule has 0 unspecified atom stereocenters.